The van der Waals surface area contributed by atoms with Gasteiger partial charge in [-0.15, -0.1) is 0 Å². The average Bonchev–Trinajstić information content (AvgIpc) is 2.68. The number of piperidine rings is 1. The molecule has 3 aliphatic heterocycles. The maximum absolute atomic E-state index is 13.4. The fraction of sp³-hybridized carbons (Fsp3) is 0.636. The van der Waals surface area contributed by atoms with Gasteiger partial charge >= 0.3 is 6.03 Å². The van der Waals surface area contributed by atoms with Gasteiger partial charge in [-0.3, -0.25) is 4.79 Å². The van der Waals surface area contributed by atoms with E-state index in [0.717, 1.165) is 48.3 Å². The largest absolute Gasteiger partial charge is 0.497 e. The molecule has 158 valence electrons. The first kappa shape index (κ1) is 19.9. The van der Waals surface area contributed by atoms with E-state index < -0.39 is 0 Å². The summed E-state index contributed by atoms with van der Waals surface area (Å²) in [6, 6.07) is 3.14. The lowest BCUT2D eigenvalue weighted by molar-refractivity contribution is -0.152. The minimum atomic E-state index is -0.377. The summed E-state index contributed by atoms with van der Waals surface area (Å²) in [6.45, 7) is 6.55. The van der Waals surface area contributed by atoms with Gasteiger partial charge in [-0.2, -0.15) is 0 Å². The van der Waals surface area contributed by atoms with Gasteiger partial charge in [0.2, 0.25) is 5.91 Å². The van der Waals surface area contributed by atoms with Gasteiger partial charge in [0.15, 0.2) is 0 Å². The van der Waals surface area contributed by atoms with E-state index in [9.17, 15) is 9.59 Å². The highest BCUT2D eigenvalue weighted by Gasteiger charge is 2.53. The third kappa shape index (κ3) is 3.30. The molecule has 0 radical (unpaired) electrons. The highest BCUT2D eigenvalue weighted by molar-refractivity contribution is 5.90. The summed E-state index contributed by atoms with van der Waals surface area (Å²) in [7, 11) is 3.29. The lowest BCUT2D eigenvalue weighted by Crippen LogP contribution is -2.69. The monoisotopic (exact) mass is 401 g/mol. The van der Waals surface area contributed by atoms with Crippen molar-refractivity contribution in [3.8, 4) is 11.5 Å². The van der Waals surface area contributed by atoms with E-state index in [1.165, 1.54) is 0 Å². The first-order valence-corrected chi connectivity index (χ1v) is 10.4. The predicted molar refractivity (Wildman–Crippen MR) is 109 cm³/mol. The van der Waals surface area contributed by atoms with Gasteiger partial charge in [-0.05, 0) is 58.1 Å². The van der Waals surface area contributed by atoms with E-state index in [2.05, 4.69) is 5.32 Å². The summed E-state index contributed by atoms with van der Waals surface area (Å²) in [5.41, 5.74) is 1.79. The minimum absolute atomic E-state index is 0.0542. The lowest BCUT2D eigenvalue weighted by atomic mass is 9.78. The molecule has 3 heterocycles. The number of piperazine rings is 1. The molecule has 1 aromatic rings. The molecule has 2 fully saturated rings. The van der Waals surface area contributed by atoms with E-state index >= 15 is 0 Å². The number of nitrogens with one attached hydrogen (secondary N) is 1. The molecule has 29 heavy (non-hydrogen) atoms. The molecule has 3 atom stereocenters. The van der Waals surface area contributed by atoms with Gasteiger partial charge in [-0.25, -0.2) is 4.79 Å². The van der Waals surface area contributed by atoms with Crippen molar-refractivity contribution in [3.63, 3.8) is 0 Å². The number of methoxy groups -OCH3 is 2. The molecule has 4 rings (SSSR count). The molecule has 2 saturated heterocycles. The molecule has 3 amide bonds. The predicted octanol–water partition coefficient (Wildman–Crippen LogP) is 2.87. The Labute approximate surface area is 172 Å². The number of urea groups is 1. The van der Waals surface area contributed by atoms with Crippen LogP contribution in [0.3, 0.4) is 0 Å². The van der Waals surface area contributed by atoms with E-state index in [4.69, 9.17) is 9.47 Å². The smallest absolute Gasteiger partial charge is 0.318 e. The highest BCUT2D eigenvalue weighted by Crippen LogP contribution is 2.48. The second-order valence-electron chi connectivity index (χ2n) is 9.23. The van der Waals surface area contributed by atoms with Crippen LogP contribution in [0, 0.1) is 0 Å². The van der Waals surface area contributed by atoms with Crippen LogP contribution in [0.2, 0.25) is 0 Å². The first-order valence-electron chi connectivity index (χ1n) is 10.4. The van der Waals surface area contributed by atoms with Crippen molar-refractivity contribution in [2.24, 2.45) is 0 Å². The third-order valence-electron chi connectivity index (χ3n) is 6.23. The Morgan fingerprint density at radius 3 is 2.59 bits per heavy atom. The van der Waals surface area contributed by atoms with Crippen molar-refractivity contribution in [2.75, 3.05) is 20.8 Å². The lowest BCUT2D eigenvalue weighted by Gasteiger charge is -2.55. The second kappa shape index (κ2) is 7.11. The molecular formula is C22H31N3O4. The Kier molecular flexibility index (Phi) is 4.87. The number of rotatable bonds is 2. The number of fused-ring (bicyclic) bond motifs is 6. The maximum Gasteiger partial charge on any atom is 0.318 e. The summed E-state index contributed by atoms with van der Waals surface area (Å²) in [6.07, 6.45) is 3.30. The van der Waals surface area contributed by atoms with Crippen LogP contribution in [-0.4, -0.2) is 60.1 Å². The molecule has 3 unspecified atom stereocenters. The number of hydrogen-bond acceptors (Lipinski definition) is 4. The first-order chi connectivity index (χ1) is 13.7. The Balaban J connectivity index is 1.80. The van der Waals surface area contributed by atoms with Crippen LogP contribution >= 0.6 is 0 Å². The van der Waals surface area contributed by atoms with Gasteiger partial charge in [-0.1, -0.05) is 0 Å². The van der Waals surface area contributed by atoms with Crippen molar-refractivity contribution < 1.29 is 19.1 Å². The maximum atomic E-state index is 13.4. The summed E-state index contributed by atoms with van der Waals surface area (Å²) in [5.74, 6) is 1.53. The molecule has 0 aromatic heterocycles. The Bertz CT molecular complexity index is 815. The minimum Gasteiger partial charge on any atom is -0.497 e. The van der Waals surface area contributed by atoms with Gasteiger partial charge in [0.1, 0.15) is 17.5 Å². The van der Waals surface area contributed by atoms with Crippen LogP contribution in [0.25, 0.3) is 0 Å². The standard InChI is InChI=1S/C22H31N3O4/c1-22(2,3)23-21(27)25-15-7-6-8-16(25)20(26)24-10-9-13-11-14(28-4)12-17(29-5)18(13)19(15)24/h11-12,15-16,19H,6-10H2,1-5H3,(H,23,27). The number of carbonyl (C=O) groups is 2. The van der Waals surface area contributed by atoms with Crippen LogP contribution in [0.5, 0.6) is 11.5 Å². The molecule has 7 nitrogen and oxygen atoms in total. The Morgan fingerprint density at radius 1 is 1.17 bits per heavy atom. The van der Waals surface area contributed by atoms with Crippen LogP contribution < -0.4 is 14.8 Å². The SMILES string of the molecule is COc1cc2c(c(OC)c1)C1C3CCCC(C(=O)N1CC2)N3C(=O)NC(C)(C)C. The topological polar surface area (TPSA) is 71.1 Å². The molecule has 1 aromatic carbocycles. The molecule has 0 aliphatic carbocycles. The summed E-state index contributed by atoms with van der Waals surface area (Å²) < 4.78 is 11.2. The average molecular weight is 402 g/mol. The van der Waals surface area contributed by atoms with Crippen LogP contribution in [-0.2, 0) is 11.2 Å². The molecule has 2 bridgehead atoms. The molecule has 3 aliphatic rings. The van der Waals surface area contributed by atoms with Crippen LogP contribution in [0.4, 0.5) is 4.79 Å². The number of nitrogens with zero attached hydrogens (tertiary/aromatic N) is 2. The Hall–Kier alpha value is -2.44. The van der Waals surface area contributed by atoms with Crippen molar-refractivity contribution in [3.05, 3.63) is 23.3 Å². The highest BCUT2D eigenvalue weighted by atomic mass is 16.5. The van der Waals surface area contributed by atoms with Gasteiger partial charge in [0.25, 0.3) is 0 Å². The van der Waals surface area contributed by atoms with Crippen molar-refractivity contribution >= 4 is 11.9 Å². The van der Waals surface area contributed by atoms with E-state index in [1.54, 1.807) is 14.2 Å². The Morgan fingerprint density at radius 2 is 1.93 bits per heavy atom. The molecule has 0 spiro atoms. The summed E-state index contributed by atoms with van der Waals surface area (Å²) >= 11 is 0. The fourth-order valence-electron chi connectivity index (χ4n) is 5.12. The number of ether oxygens (including phenoxy) is 2. The quantitative estimate of drug-likeness (QED) is 0.827. The van der Waals surface area contributed by atoms with Gasteiger partial charge in [0.05, 0.1) is 26.3 Å². The second-order valence-corrected chi connectivity index (χ2v) is 9.23. The van der Waals surface area contributed by atoms with Crippen LogP contribution in [0.15, 0.2) is 12.1 Å². The molecule has 1 N–H and O–H groups in total. The normalized spacial score (nSPS) is 25.8. The zero-order chi connectivity index (χ0) is 20.9. The van der Waals surface area contributed by atoms with Crippen LogP contribution in [0.1, 0.15) is 57.2 Å². The molecular weight excluding hydrogens is 370 g/mol. The number of hydrogen-bond donors (Lipinski definition) is 1. The third-order valence-corrected chi connectivity index (χ3v) is 6.23. The molecule has 7 heteroatoms. The van der Waals surface area contributed by atoms with E-state index in [-0.39, 0.29) is 35.6 Å². The van der Waals surface area contributed by atoms with Crippen molar-refractivity contribution in [2.45, 2.75) is 70.1 Å². The summed E-state index contributed by atoms with van der Waals surface area (Å²) in [4.78, 5) is 30.4. The van der Waals surface area contributed by atoms with Crippen molar-refractivity contribution in [1.82, 2.24) is 15.1 Å². The number of amides is 3. The van der Waals surface area contributed by atoms with E-state index in [0.29, 0.717) is 6.54 Å². The van der Waals surface area contributed by atoms with Gasteiger partial charge < -0.3 is 24.6 Å². The zero-order valence-corrected chi connectivity index (χ0v) is 17.9. The molecule has 0 saturated carbocycles. The van der Waals surface area contributed by atoms with Crippen molar-refractivity contribution in [1.29, 1.82) is 0 Å². The fourth-order valence-corrected chi connectivity index (χ4v) is 5.12. The van der Waals surface area contributed by atoms with E-state index in [1.807, 2.05) is 42.7 Å². The number of carbonyl (C=O) groups excluding carboxylic acids is 2. The zero-order valence-electron chi connectivity index (χ0n) is 17.9. The van der Waals surface area contributed by atoms with Gasteiger partial charge in [0, 0.05) is 23.7 Å². The summed E-state index contributed by atoms with van der Waals surface area (Å²) in [5, 5.41) is 3.07. The number of benzene rings is 1.